The van der Waals surface area contributed by atoms with Gasteiger partial charge >= 0.3 is 0 Å². The summed E-state index contributed by atoms with van der Waals surface area (Å²) >= 11 is 0. The van der Waals surface area contributed by atoms with E-state index in [1.165, 1.54) is 19.5 Å². The molecule has 3 rings (SSSR count). The topological polar surface area (TPSA) is 56.4 Å². The van der Waals surface area contributed by atoms with E-state index >= 15 is 0 Å². The second kappa shape index (κ2) is 8.79. The van der Waals surface area contributed by atoms with E-state index in [-0.39, 0.29) is 17.9 Å². The maximum Gasteiger partial charge on any atom is 0.226 e. The van der Waals surface area contributed by atoms with Gasteiger partial charge in [-0.05, 0) is 36.8 Å². The van der Waals surface area contributed by atoms with E-state index in [2.05, 4.69) is 47.0 Å². The number of hydrogen-bond donors (Lipinski definition) is 3. The van der Waals surface area contributed by atoms with Crippen LogP contribution in [0.1, 0.15) is 38.3 Å². The van der Waals surface area contributed by atoms with E-state index in [0.717, 1.165) is 36.9 Å². The Kier molecular flexibility index (Phi) is 6.45. The molecule has 0 aliphatic carbocycles. The highest BCUT2D eigenvalue weighted by Crippen LogP contribution is 2.24. The van der Waals surface area contributed by atoms with E-state index in [1.807, 2.05) is 18.2 Å². The minimum Gasteiger partial charge on any atom is -0.356 e. The zero-order valence-corrected chi connectivity index (χ0v) is 15.5. The number of carbonyl (C=O) groups is 1. The first kappa shape index (κ1) is 18.4. The molecule has 138 valence electrons. The molecule has 25 heavy (non-hydrogen) atoms. The first-order chi connectivity index (χ1) is 12.1. The quantitative estimate of drug-likeness (QED) is 0.690. The monoisotopic (exact) mass is 344 g/mol. The van der Waals surface area contributed by atoms with Crippen molar-refractivity contribution in [3.05, 3.63) is 35.9 Å². The molecule has 2 aliphatic heterocycles. The molecule has 1 aromatic rings. The number of hydrogen-bond acceptors (Lipinski definition) is 4. The van der Waals surface area contributed by atoms with Crippen LogP contribution in [0.2, 0.25) is 0 Å². The molecule has 2 aliphatic rings. The third kappa shape index (κ3) is 5.03. The van der Waals surface area contributed by atoms with Gasteiger partial charge < -0.3 is 10.2 Å². The maximum absolute atomic E-state index is 12.6. The van der Waals surface area contributed by atoms with Crippen LogP contribution in [0.25, 0.3) is 0 Å². The number of nitrogens with zero attached hydrogens (tertiary/aromatic N) is 1. The van der Waals surface area contributed by atoms with Crippen LogP contribution >= 0.6 is 0 Å². The second-order valence-corrected chi connectivity index (χ2v) is 7.87. The molecule has 1 amide bonds. The van der Waals surface area contributed by atoms with E-state index in [0.29, 0.717) is 6.54 Å². The van der Waals surface area contributed by atoms with E-state index < -0.39 is 0 Å². The number of hydrazine groups is 1. The number of piperidine rings is 1. The number of benzene rings is 1. The summed E-state index contributed by atoms with van der Waals surface area (Å²) < 4.78 is 0. The van der Waals surface area contributed by atoms with E-state index in [9.17, 15) is 4.79 Å². The number of rotatable bonds is 6. The highest BCUT2D eigenvalue weighted by molar-refractivity contribution is 5.80. The molecule has 1 aromatic carbocycles. The second-order valence-electron chi connectivity index (χ2n) is 7.87. The van der Waals surface area contributed by atoms with Gasteiger partial charge in [-0.2, -0.15) is 0 Å². The van der Waals surface area contributed by atoms with Gasteiger partial charge in [-0.25, -0.2) is 5.43 Å². The van der Waals surface area contributed by atoms with Gasteiger partial charge in [0.1, 0.15) is 0 Å². The van der Waals surface area contributed by atoms with Crippen molar-refractivity contribution in [2.45, 2.75) is 32.7 Å². The average Bonchev–Trinajstić information content (AvgIpc) is 3.08. The lowest BCUT2D eigenvalue weighted by molar-refractivity contribution is -0.124. The van der Waals surface area contributed by atoms with Crippen molar-refractivity contribution in [1.82, 2.24) is 21.1 Å². The Bertz CT molecular complexity index is 540. The van der Waals surface area contributed by atoms with E-state index in [4.69, 9.17) is 0 Å². The van der Waals surface area contributed by atoms with Gasteiger partial charge in [0.15, 0.2) is 0 Å². The normalized spacial score (nSPS) is 30.3. The SMILES string of the molecule is CC1CC(C)CN(CCCNC(=O)C2CNNC2c2ccccc2)C1. The highest BCUT2D eigenvalue weighted by Gasteiger charge is 2.33. The van der Waals surface area contributed by atoms with Crippen molar-refractivity contribution in [3.8, 4) is 0 Å². The lowest BCUT2D eigenvalue weighted by atomic mass is 9.92. The molecule has 0 spiro atoms. The summed E-state index contributed by atoms with van der Waals surface area (Å²) in [6.07, 6.45) is 2.37. The van der Waals surface area contributed by atoms with Crippen molar-refractivity contribution >= 4 is 5.91 Å². The Hall–Kier alpha value is -1.43. The summed E-state index contributed by atoms with van der Waals surface area (Å²) in [7, 11) is 0. The first-order valence-corrected chi connectivity index (χ1v) is 9.67. The summed E-state index contributed by atoms with van der Waals surface area (Å²) in [6, 6.07) is 10.2. The molecule has 2 fully saturated rings. The Balaban J connectivity index is 1.41. The zero-order chi connectivity index (χ0) is 17.6. The van der Waals surface area contributed by atoms with Crippen LogP contribution < -0.4 is 16.2 Å². The molecule has 4 unspecified atom stereocenters. The first-order valence-electron chi connectivity index (χ1n) is 9.67. The minimum absolute atomic E-state index is 0.0463. The molecule has 5 nitrogen and oxygen atoms in total. The van der Waals surface area contributed by atoms with Crippen molar-refractivity contribution in [2.24, 2.45) is 17.8 Å². The van der Waals surface area contributed by atoms with Crippen molar-refractivity contribution < 1.29 is 4.79 Å². The molecule has 0 radical (unpaired) electrons. The van der Waals surface area contributed by atoms with E-state index in [1.54, 1.807) is 0 Å². The van der Waals surface area contributed by atoms with Crippen molar-refractivity contribution in [1.29, 1.82) is 0 Å². The zero-order valence-electron chi connectivity index (χ0n) is 15.5. The Labute approximate surface area is 151 Å². The summed E-state index contributed by atoms with van der Waals surface area (Å²) in [5, 5.41) is 3.14. The maximum atomic E-state index is 12.6. The van der Waals surface area contributed by atoms with Crippen LogP contribution in [0.4, 0.5) is 0 Å². The third-order valence-corrected chi connectivity index (χ3v) is 5.37. The molecule has 2 heterocycles. The molecule has 3 N–H and O–H groups in total. The van der Waals surface area contributed by atoms with Gasteiger partial charge in [0, 0.05) is 26.2 Å². The van der Waals surface area contributed by atoms with Crippen LogP contribution in [0.5, 0.6) is 0 Å². The summed E-state index contributed by atoms with van der Waals surface area (Å²) in [4.78, 5) is 15.1. The van der Waals surface area contributed by atoms with Crippen molar-refractivity contribution in [2.75, 3.05) is 32.7 Å². The van der Waals surface area contributed by atoms with Crippen LogP contribution in [0, 0.1) is 17.8 Å². The predicted molar refractivity (Wildman–Crippen MR) is 101 cm³/mol. The summed E-state index contributed by atoms with van der Waals surface area (Å²) in [6.45, 7) is 9.60. The van der Waals surface area contributed by atoms with Gasteiger partial charge in [0.05, 0.1) is 12.0 Å². The Morgan fingerprint density at radius 2 is 1.92 bits per heavy atom. The molecule has 2 saturated heterocycles. The highest BCUT2D eigenvalue weighted by atomic mass is 16.2. The van der Waals surface area contributed by atoms with Gasteiger partial charge in [0.2, 0.25) is 5.91 Å². The van der Waals surface area contributed by atoms with Crippen LogP contribution in [0.15, 0.2) is 30.3 Å². The molecular formula is C20H32N4O. The molecule has 0 bridgehead atoms. The van der Waals surface area contributed by atoms with Gasteiger partial charge in [-0.3, -0.25) is 10.2 Å². The number of nitrogens with one attached hydrogen (secondary N) is 3. The smallest absolute Gasteiger partial charge is 0.226 e. The van der Waals surface area contributed by atoms with Crippen LogP contribution in [0.3, 0.4) is 0 Å². The fourth-order valence-electron chi connectivity index (χ4n) is 4.34. The molecule has 5 heteroatoms. The third-order valence-electron chi connectivity index (χ3n) is 5.37. The molecule has 0 saturated carbocycles. The lowest BCUT2D eigenvalue weighted by Crippen LogP contribution is -2.41. The molecule has 4 atom stereocenters. The fraction of sp³-hybridized carbons (Fsp3) is 0.650. The molecule has 0 aromatic heterocycles. The van der Waals surface area contributed by atoms with Crippen LogP contribution in [-0.4, -0.2) is 43.5 Å². The summed E-state index contributed by atoms with van der Waals surface area (Å²) in [5.41, 5.74) is 7.53. The van der Waals surface area contributed by atoms with Gasteiger partial charge in [-0.15, -0.1) is 0 Å². The number of carbonyl (C=O) groups excluding carboxylic acids is 1. The average molecular weight is 345 g/mol. The number of likely N-dealkylation sites (tertiary alicyclic amines) is 1. The Morgan fingerprint density at radius 3 is 2.64 bits per heavy atom. The van der Waals surface area contributed by atoms with Crippen LogP contribution in [-0.2, 0) is 4.79 Å². The fourth-order valence-corrected chi connectivity index (χ4v) is 4.34. The number of amides is 1. The molecular weight excluding hydrogens is 312 g/mol. The predicted octanol–water partition coefficient (Wildman–Crippen LogP) is 1.94. The Morgan fingerprint density at radius 1 is 1.20 bits per heavy atom. The largest absolute Gasteiger partial charge is 0.356 e. The minimum atomic E-state index is -0.0579. The summed E-state index contributed by atoms with van der Waals surface area (Å²) in [5.74, 6) is 1.67. The standard InChI is InChI=1S/C20H32N4O/c1-15-11-16(2)14-24(13-15)10-6-9-21-20(25)18-12-22-23-19(18)17-7-4-3-5-8-17/h3-5,7-8,15-16,18-19,22-23H,6,9-14H2,1-2H3,(H,21,25). The lowest BCUT2D eigenvalue weighted by Gasteiger charge is -2.35. The van der Waals surface area contributed by atoms with Crippen molar-refractivity contribution in [3.63, 3.8) is 0 Å². The van der Waals surface area contributed by atoms with Gasteiger partial charge in [-0.1, -0.05) is 44.2 Å². The van der Waals surface area contributed by atoms with Gasteiger partial charge in [0.25, 0.3) is 0 Å².